The van der Waals surface area contributed by atoms with E-state index < -0.39 is 10.0 Å². The summed E-state index contributed by atoms with van der Waals surface area (Å²) < 4.78 is 29.8. The molecule has 2 aliphatic heterocycles. The Morgan fingerprint density at radius 2 is 1.93 bits per heavy atom. The molecule has 0 unspecified atom stereocenters. The SMILES string of the molecule is Cc1ccc(S(=O)(=O)NC[C@H]2CCc3ncc(C(=O)NCCN4CCCC4)n32)cc1. The first-order chi connectivity index (χ1) is 14.4. The number of carbonyl (C=O) groups excluding carboxylic acids is 1. The van der Waals surface area contributed by atoms with Gasteiger partial charge in [0.1, 0.15) is 11.5 Å². The first-order valence-corrected chi connectivity index (χ1v) is 12.1. The molecule has 0 spiro atoms. The van der Waals surface area contributed by atoms with E-state index in [-0.39, 0.29) is 23.4 Å². The monoisotopic (exact) mass is 431 g/mol. The van der Waals surface area contributed by atoms with Gasteiger partial charge in [-0.2, -0.15) is 0 Å². The summed E-state index contributed by atoms with van der Waals surface area (Å²) in [7, 11) is -3.60. The summed E-state index contributed by atoms with van der Waals surface area (Å²) in [6.07, 6.45) is 5.54. The Morgan fingerprint density at radius 1 is 1.20 bits per heavy atom. The van der Waals surface area contributed by atoms with E-state index in [1.165, 1.54) is 12.8 Å². The van der Waals surface area contributed by atoms with E-state index in [0.29, 0.717) is 12.2 Å². The van der Waals surface area contributed by atoms with Crippen LogP contribution in [0.4, 0.5) is 0 Å². The number of carbonyl (C=O) groups is 1. The highest BCUT2D eigenvalue weighted by molar-refractivity contribution is 7.89. The number of rotatable bonds is 8. The Hall–Kier alpha value is -2.23. The van der Waals surface area contributed by atoms with Gasteiger partial charge >= 0.3 is 0 Å². The number of aryl methyl sites for hydroxylation is 2. The summed E-state index contributed by atoms with van der Waals surface area (Å²) >= 11 is 0. The van der Waals surface area contributed by atoms with Gasteiger partial charge in [-0.15, -0.1) is 0 Å². The Bertz CT molecular complexity index is 994. The number of likely N-dealkylation sites (tertiary alicyclic amines) is 1. The van der Waals surface area contributed by atoms with Gasteiger partial charge in [0.05, 0.1) is 11.1 Å². The van der Waals surface area contributed by atoms with E-state index >= 15 is 0 Å². The second kappa shape index (κ2) is 8.87. The average molecular weight is 432 g/mol. The number of hydrogen-bond donors (Lipinski definition) is 2. The molecule has 0 bridgehead atoms. The highest BCUT2D eigenvalue weighted by atomic mass is 32.2. The number of nitrogens with one attached hydrogen (secondary N) is 2. The van der Waals surface area contributed by atoms with Crippen molar-refractivity contribution in [2.75, 3.05) is 32.7 Å². The van der Waals surface area contributed by atoms with E-state index in [0.717, 1.165) is 43.9 Å². The van der Waals surface area contributed by atoms with Crippen molar-refractivity contribution in [3.8, 4) is 0 Å². The summed E-state index contributed by atoms with van der Waals surface area (Å²) in [5, 5.41) is 2.99. The summed E-state index contributed by atoms with van der Waals surface area (Å²) in [5.74, 6) is 0.681. The number of amides is 1. The van der Waals surface area contributed by atoms with Gasteiger partial charge in [-0.3, -0.25) is 4.79 Å². The molecular weight excluding hydrogens is 402 g/mol. The summed E-state index contributed by atoms with van der Waals surface area (Å²) in [5.41, 5.74) is 1.51. The van der Waals surface area contributed by atoms with Crippen molar-refractivity contribution >= 4 is 15.9 Å². The molecular formula is C21H29N5O3S. The second-order valence-corrected chi connectivity index (χ2v) is 9.86. The van der Waals surface area contributed by atoms with Crippen LogP contribution < -0.4 is 10.0 Å². The summed E-state index contributed by atoms with van der Waals surface area (Å²) in [6.45, 7) is 5.80. The van der Waals surface area contributed by atoms with Crippen LogP contribution in [-0.2, 0) is 16.4 Å². The van der Waals surface area contributed by atoms with Crippen molar-refractivity contribution in [2.24, 2.45) is 0 Å². The number of imidazole rings is 1. The van der Waals surface area contributed by atoms with E-state index in [1.807, 2.05) is 11.5 Å². The first-order valence-electron chi connectivity index (χ1n) is 10.6. The third-order valence-electron chi connectivity index (χ3n) is 5.92. The molecule has 1 aromatic carbocycles. The van der Waals surface area contributed by atoms with E-state index in [1.54, 1.807) is 30.5 Å². The van der Waals surface area contributed by atoms with Crippen LogP contribution in [0, 0.1) is 6.92 Å². The molecule has 1 atom stereocenters. The predicted molar refractivity (Wildman–Crippen MR) is 114 cm³/mol. The van der Waals surface area contributed by atoms with Crippen LogP contribution in [-0.4, -0.2) is 61.5 Å². The van der Waals surface area contributed by atoms with Gasteiger partial charge in [-0.05, 0) is 51.4 Å². The zero-order chi connectivity index (χ0) is 21.1. The fraction of sp³-hybridized carbons (Fsp3) is 0.524. The minimum atomic E-state index is -3.60. The molecule has 0 radical (unpaired) electrons. The Labute approximate surface area is 177 Å². The molecule has 8 nitrogen and oxygen atoms in total. The minimum absolute atomic E-state index is 0.123. The maximum atomic E-state index is 12.7. The van der Waals surface area contributed by atoms with Crippen molar-refractivity contribution in [3.05, 3.63) is 47.5 Å². The fourth-order valence-corrected chi connectivity index (χ4v) is 5.28. The number of hydrogen-bond acceptors (Lipinski definition) is 5. The molecule has 2 aromatic rings. The van der Waals surface area contributed by atoms with Crippen LogP contribution in [0.15, 0.2) is 35.4 Å². The Kier molecular flexibility index (Phi) is 6.21. The Morgan fingerprint density at radius 3 is 2.67 bits per heavy atom. The van der Waals surface area contributed by atoms with Gasteiger partial charge in [0.15, 0.2) is 0 Å². The van der Waals surface area contributed by atoms with Crippen LogP contribution in [0.2, 0.25) is 0 Å². The molecule has 1 saturated heterocycles. The molecule has 30 heavy (non-hydrogen) atoms. The second-order valence-electron chi connectivity index (χ2n) is 8.09. The number of nitrogens with zero attached hydrogens (tertiary/aromatic N) is 3. The highest BCUT2D eigenvalue weighted by Crippen LogP contribution is 2.27. The smallest absolute Gasteiger partial charge is 0.269 e. The maximum absolute atomic E-state index is 12.7. The molecule has 1 aromatic heterocycles. The number of aromatic nitrogens is 2. The van der Waals surface area contributed by atoms with E-state index in [2.05, 4.69) is 19.9 Å². The molecule has 0 saturated carbocycles. The number of fused-ring (bicyclic) bond motifs is 1. The lowest BCUT2D eigenvalue weighted by Crippen LogP contribution is -2.35. The predicted octanol–water partition coefficient (Wildman–Crippen LogP) is 1.48. The molecule has 3 heterocycles. The lowest BCUT2D eigenvalue weighted by Gasteiger charge is -2.18. The zero-order valence-corrected chi connectivity index (χ0v) is 18.1. The zero-order valence-electron chi connectivity index (χ0n) is 17.3. The van der Waals surface area contributed by atoms with Gasteiger partial charge in [-0.1, -0.05) is 17.7 Å². The van der Waals surface area contributed by atoms with Crippen molar-refractivity contribution in [1.82, 2.24) is 24.5 Å². The van der Waals surface area contributed by atoms with Crippen LogP contribution in [0.5, 0.6) is 0 Å². The number of benzene rings is 1. The van der Waals surface area contributed by atoms with Crippen LogP contribution in [0.1, 0.15) is 47.2 Å². The Balaban J connectivity index is 1.38. The lowest BCUT2D eigenvalue weighted by atomic mass is 10.2. The summed E-state index contributed by atoms with van der Waals surface area (Å²) in [4.78, 5) is 19.7. The van der Waals surface area contributed by atoms with Gasteiger partial charge < -0.3 is 14.8 Å². The summed E-state index contributed by atoms with van der Waals surface area (Å²) in [6, 6.07) is 6.65. The third-order valence-corrected chi connectivity index (χ3v) is 7.36. The first kappa shape index (κ1) is 21.0. The molecule has 4 rings (SSSR count). The average Bonchev–Trinajstić information content (AvgIpc) is 3.45. The maximum Gasteiger partial charge on any atom is 0.269 e. The largest absolute Gasteiger partial charge is 0.349 e. The molecule has 0 aliphatic carbocycles. The normalized spacial score (nSPS) is 19.2. The lowest BCUT2D eigenvalue weighted by molar-refractivity contribution is 0.0939. The van der Waals surface area contributed by atoms with Crippen molar-refractivity contribution in [3.63, 3.8) is 0 Å². The third kappa shape index (κ3) is 4.58. The van der Waals surface area contributed by atoms with Crippen molar-refractivity contribution < 1.29 is 13.2 Å². The molecule has 1 amide bonds. The van der Waals surface area contributed by atoms with Crippen molar-refractivity contribution in [1.29, 1.82) is 0 Å². The van der Waals surface area contributed by atoms with Gasteiger partial charge in [-0.25, -0.2) is 18.1 Å². The molecule has 9 heteroatoms. The van der Waals surface area contributed by atoms with E-state index in [9.17, 15) is 13.2 Å². The number of sulfonamides is 1. The topological polar surface area (TPSA) is 96.3 Å². The highest BCUT2D eigenvalue weighted by Gasteiger charge is 2.29. The molecule has 2 N–H and O–H groups in total. The van der Waals surface area contributed by atoms with E-state index in [4.69, 9.17) is 0 Å². The quantitative estimate of drug-likeness (QED) is 0.660. The van der Waals surface area contributed by atoms with Gasteiger partial charge in [0.25, 0.3) is 5.91 Å². The van der Waals surface area contributed by atoms with Crippen LogP contribution in [0.3, 0.4) is 0 Å². The minimum Gasteiger partial charge on any atom is -0.349 e. The fourth-order valence-electron chi connectivity index (χ4n) is 4.21. The van der Waals surface area contributed by atoms with Gasteiger partial charge in [0, 0.05) is 32.1 Å². The molecule has 162 valence electrons. The van der Waals surface area contributed by atoms with Gasteiger partial charge in [0.2, 0.25) is 10.0 Å². The standard InChI is InChI=1S/C21H29N5O3S/c1-16-4-7-18(8-5-16)30(28,29)24-14-17-6-9-20-23-15-19(26(17)20)21(27)22-10-13-25-11-2-3-12-25/h4-5,7-8,15,17,24H,2-3,6,9-14H2,1H3,(H,22,27)/t17-/m1/s1. The van der Waals surface area contributed by atoms with Crippen molar-refractivity contribution in [2.45, 2.75) is 43.5 Å². The van der Waals surface area contributed by atoms with Crippen LogP contribution in [0.25, 0.3) is 0 Å². The molecule has 1 fully saturated rings. The molecule has 2 aliphatic rings. The van der Waals surface area contributed by atoms with Crippen LogP contribution >= 0.6 is 0 Å².